The fraction of sp³-hybridized carbons (Fsp3) is 0.600. The molecular formula is C90H144N21O15P5. The van der Waals surface area contributed by atoms with Crippen molar-refractivity contribution < 1.29 is 74.7 Å². The number of ether oxygens (including phenoxy) is 5. The predicted octanol–water partition coefficient (Wildman–Crippen LogP) is 8.41. The predicted molar refractivity (Wildman–Crippen MR) is 539 cm³/mol. The van der Waals surface area contributed by atoms with Crippen LogP contribution in [-0.2, 0) is 42.9 Å². The van der Waals surface area contributed by atoms with E-state index in [1.165, 1.54) is 11.9 Å². The zero-order chi connectivity index (χ0) is 96.0. The second kappa shape index (κ2) is 43.8. The number of imidazole rings is 5. The van der Waals surface area contributed by atoms with Crippen molar-refractivity contribution in [2.45, 2.75) is 241 Å². The van der Waals surface area contributed by atoms with Crippen LogP contribution in [0.5, 0.6) is 0 Å². The molecule has 0 radical (unpaired) electrons. The summed E-state index contributed by atoms with van der Waals surface area (Å²) < 4.78 is 39.1. The van der Waals surface area contributed by atoms with Crippen molar-refractivity contribution in [3.63, 3.8) is 0 Å². The minimum absolute atomic E-state index is 0.427. The van der Waals surface area contributed by atoms with Gasteiger partial charge in [0.2, 0.25) is 0 Å². The third-order valence-corrected chi connectivity index (χ3v) is 31.4. The van der Waals surface area contributed by atoms with Crippen LogP contribution in [0.15, 0.2) is 73.4 Å². The van der Waals surface area contributed by atoms with E-state index in [4.69, 9.17) is 46.6 Å². The Morgan fingerprint density at radius 2 is 0.718 bits per heavy atom. The first kappa shape index (κ1) is 104. The molecule has 0 amide bonds. The summed E-state index contributed by atoms with van der Waals surface area (Å²) in [5.41, 5.74) is 33.4. The topological polar surface area (TPSA) is 531 Å². The average molecular weight is 1920 g/mol. The molecule has 0 saturated carbocycles. The first-order valence-electron chi connectivity index (χ1n) is 45.0. The fourth-order valence-corrected chi connectivity index (χ4v) is 21.3. The van der Waals surface area contributed by atoms with Crippen LogP contribution in [0.1, 0.15) is 147 Å². The van der Waals surface area contributed by atoms with Gasteiger partial charge in [0.05, 0.1) is 59.6 Å². The van der Waals surface area contributed by atoms with Gasteiger partial charge in [-0.15, -0.1) is 65.9 Å². The quantitative estimate of drug-likeness (QED) is 0.0148. The van der Waals surface area contributed by atoms with Gasteiger partial charge in [0.15, 0.2) is 70.7 Å². The molecule has 0 aliphatic carbocycles. The molecule has 15 rings (SSSR count). The van der Waals surface area contributed by atoms with E-state index in [1.807, 2.05) is 18.4 Å². The molecule has 131 heavy (non-hydrogen) atoms. The summed E-state index contributed by atoms with van der Waals surface area (Å²) in [6, 6.07) is 6.80. The molecule has 10 aromatic heterocycles. The summed E-state index contributed by atoms with van der Waals surface area (Å²) in [6.07, 6.45) is 30.7. The molecule has 10 aromatic rings. The van der Waals surface area contributed by atoms with Crippen molar-refractivity contribution in [2.75, 3.05) is 132 Å². The minimum atomic E-state index is -1.24. The summed E-state index contributed by atoms with van der Waals surface area (Å²) in [7, 11) is 0. The van der Waals surface area contributed by atoms with Gasteiger partial charge in [-0.25, -0.2) is 54.8 Å². The number of fused-ring (bicyclic) bond motifs is 5. The van der Waals surface area contributed by atoms with Gasteiger partial charge in [-0.1, -0.05) is 45.8 Å². The summed E-state index contributed by atoms with van der Waals surface area (Å²) in [5.74, 6) is 3.52. The first-order valence-corrected chi connectivity index (χ1v) is 60.3. The Balaban J connectivity index is 0.000000158. The van der Waals surface area contributed by atoms with Crippen molar-refractivity contribution in [3.05, 3.63) is 96.7 Å². The number of nitrogens with two attached hydrogens (primary N) is 4. The Kier molecular flexibility index (Phi) is 34.8. The molecule has 5 aliphatic heterocycles. The van der Waals surface area contributed by atoms with Gasteiger partial charge in [-0.3, -0.25) is 22.8 Å². The SMILES string of the molecule is C=P(C)(C)CCC1OC(n2c(C)nc3c(N)ccnc32)[C@H](O)[C@@H]1O.C=P(C)(C)CCC1OC(n2c(CC)nc3c(N)ccnc32)[C@H](O)[C@@H]1O.C=P(C)(C)CCC1OC(n2c(CCC)nc3c(N)ccnc32)[C@H](O)[C@@H]1O.C=P(C)(C)CCC1OC(n2c(CCCC)nc3c(N)ccnc32)[C@H](O)[C@@H]1O.C=P(C)(C)CCC1OC(n2cnc3c(NC/C=C(/C)CC)ncnc32)[C@H](O)[C@@H]1O. The average Bonchev–Trinajstić information content (AvgIpc) is 1.61. The molecule has 19 N–H and O–H groups in total. The van der Waals surface area contributed by atoms with Crippen molar-refractivity contribution in [1.29, 1.82) is 0 Å². The molecule has 20 atom stereocenters. The van der Waals surface area contributed by atoms with Crippen molar-refractivity contribution >= 4 is 150 Å². The number of aromatic nitrogens is 16. The third-order valence-electron chi connectivity index (χ3n) is 24.1. The number of hydrogen-bond donors (Lipinski definition) is 15. The van der Waals surface area contributed by atoms with Crippen LogP contribution in [0.2, 0.25) is 0 Å². The van der Waals surface area contributed by atoms with Gasteiger partial charge in [-0.2, -0.15) is 0 Å². The molecule has 0 aromatic carbocycles. The minimum Gasteiger partial charge on any atom is -0.397 e. The number of nitrogens with zero attached hydrogens (tertiary/aromatic N) is 16. The lowest BCUT2D eigenvalue weighted by Gasteiger charge is -2.20. The maximum atomic E-state index is 10.7. The number of nitrogen functional groups attached to an aromatic ring is 4. The third kappa shape index (κ3) is 25.1. The van der Waals surface area contributed by atoms with E-state index in [2.05, 4.69) is 192 Å². The molecule has 0 bridgehead atoms. The van der Waals surface area contributed by atoms with E-state index in [0.29, 0.717) is 142 Å². The van der Waals surface area contributed by atoms with Crippen LogP contribution in [0.3, 0.4) is 0 Å². The number of aliphatic hydroxyl groups is 10. The maximum absolute atomic E-state index is 10.7. The number of nitrogens with one attached hydrogen (secondary N) is 1. The second-order valence-corrected chi connectivity index (χ2v) is 60.1. The highest BCUT2D eigenvalue weighted by Crippen LogP contribution is 2.47. The van der Waals surface area contributed by atoms with Crippen LogP contribution < -0.4 is 28.3 Å². The van der Waals surface area contributed by atoms with Gasteiger partial charge in [0.1, 0.15) is 113 Å². The number of pyridine rings is 4. The monoisotopic (exact) mass is 1910 g/mol. The largest absolute Gasteiger partial charge is 0.397 e. The summed E-state index contributed by atoms with van der Waals surface area (Å²) in [5, 5.41) is 109. The number of allylic oxidation sites excluding steroid dienone is 1. The van der Waals surface area contributed by atoms with Crippen LogP contribution in [0, 0.1) is 6.92 Å². The molecule has 36 nitrogen and oxygen atoms in total. The molecule has 0 spiro atoms. The molecule has 41 heteroatoms. The van der Waals surface area contributed by atoms with Gasteiger partial charge < -0.3 is 103 Å². The number of unbranched alkanes of at least 4 members (excludes halogenated alkanes) is 1. The smallest absolute Gasteiger partial charge is 0.167 e. The van der Waals surface area contributed by atoms with Crippen LogP contribution in [0.25, 0.3) is 55.8 Å². The van der Waals surface area contributed by atoms with Crippen molar-refractivity contribution in [3.8, 4) is 0 Å². The standard InChI is InChI=1S/C20H32N5O3P.C19H31N4O3P.C18H29N4O3P.C17H27N4O3P.C16H25N4O3P/c1-6-13(2)7-9-21-18-15-19(23-11-22-18)25(12-24-15)20-17(27)16(26)14(28-20)8-10-29(3,4)5;1-5-6-7-14-22-15-12(20)8-10-21-18(15)23(14)19-17(25)16(24)13(26-19)9-11-27(2,3)4;1-5-6-13-21-14-11(19)7-9-20-17(14)22(13)18-16(24)15(23)12(25-18)8-10-26(2,3)4;1-5-12-20-13-10(18)6-8-19-16(13)21(12)17-15(23)14(22)11(24-17)7-9-25(2,3)4;1-9-19-12-10(17)5-7-18-15(12)20(9)16-14(22)13(21)11(23-16)6-8-24(2,3)4/h7,11-12,14,16-17,20,26-27H,3,6,8-10H2,1-2,4-5H3,(H,21,22,23);8,10,13,16-17,19,24-25H,2,5-7,9,11H2,1,3-4H3,(H2,20,21);7,9,12,15-16,18,23-24H,2,5-6,8,10H2,1,3-4H3,(H2,19,20);6,8,11,14-15,17,22-23H,2,5,7,9H2,1,3-4H3,(H2,18,19);5,7,11,13-14,16,21-22H,2,6,8H2,1,3-4H3,(H2,17,18)/b13-7-;;;;/t14?,16-,17-,20?;13?,16-,17-,19?;12?,15-,16-,18?;11?,14-,15-,17?;11?,13-,14-,16?/m11111/s1. The first-order chi connectivity index (χ1) is 61.6. The number of anilines is 5. The Bertz CT molecular complexity index is 5840. The van der Waals surface area contributed by atoms with Crippen LogP contribution in [0.4, 0.5) is 28.6 Å². The van der Waals surface area contributed by atoms with Crippen LogP contribution in [-0.4, -0.2) is 356 Å². The van der Waals surface area contributed by atoms with E-state index in [9.17, 15) is 51.1 Å². The van der Waals surface area contributed by atoms with Gasteiger partial charge >= 0.3 is 0 Å². The van der Waals surface area contributed by atoms with Crippen molar-refractivity contribution in [2.24, 2.45) is 0 Å². The molecule has 15 heterocycles. The lowest BCUT2D eigenvalue weighted by Crippen LogP contribution is -2.32. The lowest BCUT2D eigenvalue weighted by atomic mass is 10.1. The lowest BCUT2D eigenvalue weighted by molar-refractivity contribution is -0.0368. The highest BCUT2D eigenvalue weighted by Gasteiger charge is 2.50. The Morgan fingerprint density at radius 1 is 0.397 bits per heavy atom. The van der Waals surface area contributed by atoms with Crippen LogP contribution >= 0.6 is 34.4 Å². The number of aryl methyl sites for hydroxylation is 4. The number of aliphatic hydroxyl groups excluding tert-OH is 10. The van der Waals surface area contributed by atoms with Gasteiger partial charge in [-0.05, 0) is 187 Å². The maximum Gasteiger partial charge on any atom is 0.167 e. The van der Waals surface area contributed by atoms with Crippen molar-refractivity contribution in [1.82, 2.24) is 77.7 Å². The summed E-state index contributed by atoms with van der Waals surface area (Å²) in [4.78, 5) is 48.8. The highest BCUT2D eigenvalue weighted by molar-refractivity contribution is 7.73. The van der Waals surface area contributed by atoms with E-state index in [-0.39, 0.29) is 0 Å². The zero-order valence-corrected chi connectivity index (χ0v) is 83.3. The van der Waals surface area contributed by atoms with E-state index >= 15 is 0 Å². The number of rotatable bonds is 30. The Labute approximate surface area is 768 Å². The second-order valence-electron chi connectivity index (χ2n) is 38.5. The molecule has 5 saturated heterocycles. The molecule has 10 unspecified atom stereocenters. The number of hydrogen-bond acceptors (Lipinski definition) is 31. The fourth-order valence-electron chi connectivity index (χ4n) is 16.5. The Morgan fingerprint density at radius 3 is 1.06 bits per heavy atom. The normalized spacial score (nSPS) is 26.7. The molecular weight excluding hydrogens is 1770 g/mol. The van der Waals surface area contributed by atoms with E-state index < -0.39 is 157 Å². The molecule has 5 fully saturated rings. The molecule has 724 valence electrons. The van der Waals surface area contributed by atoms with E-state index in [1.54, 1.807) is 73.6 Å². The van der Waals surface area contributed by atoms with Gasteiger partial charge in [0, 0.05) is 50.6 Å². The summed E-state index contributed by atoms with van der Waals surface area (Å²) >= 11 is 0. The Hall–Kier alpha value is -7.33. The van der Waals surface area contributed by atoms with Gasteiger partial charge in [0.25, 0.3) is 0 Å². The summed E-state index contributed by atoms with van der Waals surface area (Å²) in [6.45, 7) is 28.1. The zero-order valence-electron chi connectivity index (χ0n) is 78.9. The highest BCUT2D eigenvalue weighted by atomic mass is 31.2. The van der Waals surface area contributed by atoms with E-state index in [0.717, 1.165) is 80.4 Å². The molecule has 5 aliphatic rings.